The molecule has 0 radical (unpaired) electrons. The summed E-state index contributed by atoms with van der Waals surface area (Å²) in [5.41, 5.74) is 3.31. The summed E-state index contributed by atoms with van der Waals surface area (Å²) in [6.45, 7) is 2.60. The number of hydrogen-bond donors (Lipinski definition) is 3. The Hall–Kier alpha value is -4.82. The first-order valence-electron chi connectivity index (χ1n) is 13.9. The molecule has 1 saturated heterocycles. The van der Waals surface area contributed by atoms with Crippen molar-refractivity contribution in [3.8, 4) is 11.5 Å². The molecule has 8 heteroatoms. The fraction of sp³-hybridized carbons (Fsp3) is 0.206. The number of nitrogens with zero attached hydrogens (tertiary/aromatic N) is 2. The molecule has 0 saturated carbocycles. The molecule has 212 valence electrons. The lowest BCUT2D eigenvalue weighted by molar-refractivity contribution is 0.0548. The van der Waals surface area contributed by atoms with Gasteiger partial charge >= 0.3 is 0 Å². The number of fused-ring (bicyclic) bond motifs is 1. The van der Waals surface area contributed by atoms with Crippen LogP contribution in [0.4, 0.5) is 4.39 Å². The predicted molar refractivity (Wildman–Crippen MR) is 157 cm³/mol. The Morgan fingerprint density at radius 2 is 1.45 bits per heavy atom. The van der Waals surface area contributed by atoms with E-state index < -0.39 is 23.6 Å². The van der Waals surface area contributed by atoms with Gasteiger partial charge in [-0.25, -0.2) is 9.37 Å². The molecule has 0 amide bonds. The fourth-order valence-corrected chi connectivity index (χ4v) is 6.22. The molecule has 1 aliphatic rings. The molecule has 3 N–H and O–H groups in total. The van der Waals surface area contributed by atoms with Crippen molar-refractivity contribution < 1.29 is 24.2 Å². The number of phenols is 2. The molecular formula is C34H30FN3O4. The van der Waals surface area contributed by atoms with Crippen LogP contribution in [-0.4, -0.2) is 49.7 Å². The maximum atomic E-state index is 14.9. The molecule has 0 bridgehead atoms. The zero-order valence-electron chi connectivity index (χ0n) is 23.0. The normalized spacial score (nSPS) is 17.9. The topological polar surface area (TPSA) is 107 Å². The Morgan fingerprint density at radius 3 is 2.05 bits per heavy atom. The molecule has 2 heterocycles. The van der Waals surface area contributed by atoms with E-state index in [0.29, 0.717) is 34.6 Å². The maximum absolute atomic E-state index is 14.9. The number of aromatic nitrogens is 2. The van der Waals surface area contributed by atoms with E-state index in [1.807, 2.05) is 29.2 Å². The molecule has 5 aromatic rings. The van der Waals surface area contributed by atoms with Crippen LogP contribution < -0.4 is 0 Å². The minimum atomic E-state index is -0.739. The molecule has 6 rings (SSSR count). The SMILES string of the molecule is Cc1c(F)cccc1C1[C@@H](C(=O)c2cccc(O)c2)CN(Cc2nc3ccccc3[nH]2)C[C@@H]1C(=O)c1cccc(O)c1. The molecule has 0 spiro atoms. The number of H-pyrrole nitrogens is 1. The summed E-state index contributed by atoms with van der Waals surface area (Å²) in [6.07, 6.45) is 0. The number of piperidine rings is 1. The van der Waals surface area contributed by atoms with Gasteiger partial charge in [0.25, 0.3) is 0 Å². The quantitative estimate of drug-likeness (QED) is 0.209. The van der Waals surface area contributed by atoms with Crippen LogP contribution in [0.3, 0.4) is 0 Å². The second kappa shape index (κ2) is 11.2. The largest absolute Gasteiger partial charge is 0.508 e. The van der Waals surface area contributed by atoms with Crippen LogP contribution >= 0.6 is 0 Å². The number of likely N-dealkylation sites (tertiary alicyclic amines) is 1. The van der Waals surface area contributed by atoms with Gasteiger partial charge < -0.3 is 15.2 Å². The molecule has 42 heavy (non-hydrogen) atoms. The molecule has 2 atom stereocenters. The smallest absolute Gasteiger partial charge is 0.167 e. The molecule has 7 nitrogen and oxygen atoms in total. The number of imidazole rings is 1. The predicted octanol–water partition coefficient (Wildman–Crippen LogP) is 6.02. The molecule has 0 aliphatic carbocycles. The second-order valence-corrected chi connectivity index (χ2v) is 10.9. The van der Waals surface area contributed by atoms with Gasteiger partial charge in [-0.05, 0) is 60.5 Å². The number of benzene rings is 4. The number of nitrogens with one attached hydrogen (secondary N) is 1. The number of aromatic hydroxyl groups is 2. The summed E-state index contributed by atoms with van der Waals surface area (Å²) in [7, 11) is 0. The van der Waals surface area contributed by atoms with E-state index in [2.05, 4.69) is 4.98 Å². The molecule has 4 aromatic carbocycles. The van der Waals surface area contributed by atoms with E-state index in [-0.39, 0.29) is 36.2 Å². The summed E-state index contributed by atoms with van der Waals surface area (Å²) >= 11 is 0. The maximum Gasteiger partial charge on any atom is 0.167 e. The van der Waals surface area contributed by atoms with Crippen LogP contribution in [-0.2, 0) is 6.54 Å². The minimum absolute atomic E-state index is 0.0401. The van der Waals surface area contributed by atoms with Crippen molar-refractivity contribution >= 4 is 22.6 Å². The molecular weight excluding hydrogens is 533 g/mol. The number of carbonyl (C=O) groups excluding carboxylic acids is 2. The van der Waals surface area contributed by atoms with E-state index in [1.165, 1.54) is 30.3 Å². The highest BCUT2D eigenvalue weighted by Gasteiger charge is 2.45. The Balaban J connectivity index is 1.47. The zero-order valence-corrected chi connectivity index (χ0v) is 23.0. The number of rotatable bonds is 7. The van der Waals surface area contributed by atoms with Crippen LogP contribution in [0.2, 0.25) is 0 Å². The van der Waals surface area contributed by atoms with E-state index in [9.17, 15) is 24.2 Å². The Labute approximate surface area is 242 Å². The van der Waals surface area contributed by atoms with Gasteiger partial charge in [0, 0.05) is 42.0 Å². The molecule has 1 aromatic heterocycles. The van der Waals surface area contributed by atoms with Crippen LogP contribution in [0.25, 0.3) is 11.0 Å². The number of aromatic amines is 1. The number of phenolic OH excluding ortho intramolecular Hbond substituents is 2. The first kappa shape index (κ1) is 27.4. The number of para-hydroxylation sites is 2. The monoisotopic (exact) mass is 563 g/mol. The number of Topliss-reactive ketones (excluding diaryl/α,β-unsaturated/α-hetero) is 2. The number of hydrogen-bond acceptors (Lipinski definition) is 6. The second-order valence-electron chi connectivity index (χ2n) is 10.9. The summed E-state index contributed by atoms with van der Waals surface area (Å²) in [4.78, 5) is 38.5. The van der Waals surface area contributed by atoms with Gasteiger partial charge in [-0.1, -0.05) is 48.5 Å². The van der Waals surface area contributed by atoms with Gasteiger partial charge in [0.1, 0.15) is 23.1 Å². The van der Waals surface area contributed by atoms with Crippen molar-refractivity contribution in [2.24, 2.45) is 11.8 Å². The third-order valence-electron chi connectivity index (χ3n) is 8.19. The van der Waals surface area contributed by atoms with Gasteiger partial charge in [-0.15, -0.1) is 0 Å². The van der Waals surface area contributed by atoms with Gasteiger partial charge in [-0.3, -0.25) is 14.5 Å². The van der Waals surface area contributed by atoms with Crippen LogP contribution in [0, 0.1) is 24.6 Å². The van der Waals surface area contributed by atoms with Crippen LogP contribution in [0.1, 0.15) is 43.6 Å². The fourth-order valence-electron chi connectivity index (χ4n) is 6.22. The number of halogens is 1. The highest BCUT2D eigenvalue weighted by atomic mass is 19.1. The molecule has 0 unspecified atom stereocenters. The van der Waals surface area contributed by atoms with E-state index in [0.717, 1.165) is 11.0 Å². The van der Waals surface area contributed by atoms with Gasteiger partial charge in [-0.2, -0.15) is 0 Å². The van der Waals surface area contributed by atoms with Crippen LogP contribution in [0.5, 0.6) is 11.5 Å². The van der Waals surface area contributed by atoms with Crippen molar-refractivity contribution in [1.29, 1.82) is 0 Å². The van der Waals surface area contributed by atoms with Crippen molar-refractivity contribution in [1.82, 2.24) is 14.9 Å². The van der Waals surface area contributed by atoms with E-state index >= 15 is 0 Å². The van der Waals surface area contributed by atoms with Gasteiger partial charge in [0.05, 0.1) is 17.6 Å². The summed E-state index contributed by atoms with van der Waals surface area (Å²) < 4.78 is 14.9. The van der Waals surface area contributed by atoms with Gasteiger partial charge in [0.2, 0.25) is 0 Å². The summed E-state index contributed by atoms with van der Waals surface area (Å²) in [5.74, 6) is -2.42. The number of ketones is 2. The van der Waals surface area contributed by atoms with Crippen molar-refractivity contribution in [3.63, 3.8) is 0 Å². The average Bonchev–Trinajstić information content (AvgIpc) is 3.40. The molecule has 1 fully saturated rings. The standard InChI is InChI=1S/C34H30FN3O4/c1-20-25(11-6-12-28(20)35)32-26(33(41)21-7-4-9-23(39)15-21)17-38(19-31-36-29-13-2-3-14-30(29)37-31)18-27(32)34(42)22-8-5-10-24(40)16-22/h2-16,26-27,32,39-40H,17-19H2,1H3,(H,36,37)/t26-,27-/m0/s1. The highest BCUT2D eigenvalue weighted by Crippen LogP contribution is 2.43. The number of carbonyl (C=O) groups is 2. The van der Waals surface area contributed by atoms with Crippen molar-refractivity contribution in [3.05, 3.63) is 125 Å². The lowest BCUT2D eigenvalue weighted by Gasteiger charge is -2.43. The lowest BCUT2D eigenvalue weighted by atomic mass is 9.67. The highest BCUT2D eigenvalue weighted by molar-refractivity contribution is 6.02. The molecule has 1 aliphatic heterocycles. The average molecular weight is 564 g/mol. The van der Waals surface area contributed by atoms with Crippen molar-refractivity contribution in [2.75, 3.05) is 13.1 Å². The Morgan fingerprint density at radius 1 is 0.857 bits per heavy atom. The third kappa shape index (κ3) is 5.29. The third-order valence-corrected chi connectivity index (χ3v) is 8.19. The lowest BCUT2D eigenvalue weighted by Crippen LogP contribution is -2.50. The van der Waals surface area contributed by atoms with Crippen LogP contribution in [0.15, 0.2) is 91.0 Å². The van der Waals surface area contributed by atoms with E-state index in [4.69, 9.17) is 4.98 Å². The Bertz CT molecular complexity index is 1700. The van der Waals surface area contributed by atoms with Gasteiger partial charge in [0.15, 0.2) is 11.6 Å². The zero-order chi connectivity index (χ0) is 29.4. The first-order valence-corrected chi connectivity index (χ1v) is 13.9. The van der Waals surface area contributed by atoms with E-state index in [1.54, 1.807) is 43.3 Å². The first-order chi connectivity index (χ1) is 20.3. The summed E-state index contributed by atoms with van der Waals surface area (Å²) in [5, 5.41) is 20.3. The summed E-state index contributed by atoms with van der Waals surface area (Å²) in [6, 6.07) is 24.8. The Kier molecular flexibility index (Phi) is 7.31. The minimum Gasteiger partial charge on any atom is -0.508 e. The van der Waals surface area contributed by atoms with Crippen molar-refractivity contribution in [2.45, 2.75) is 19.4 Å².